The maximum atomic E-state index is 4.26. The van der Waals surface area contributed by atoms with E-state index in [2.05, 4.69) is 50.5 Å². The average Bonchev–Trinajstić information content (AvgIpc) is 2.81. The Morgan fingerprint density at radius 2 is 2.21 bits per heavy atom. The first kappa shape index (κ1) is 14.2. The summed E-state index contributed by atoms with van der Waals surface area (Å²) >= 11 is 3.47. The number of nitrogens with one attached hydrogen (secondary N) is 1. The molecule has 5 heteroatoms. The average molecular weight is 323 g/mol. The van der Waals surface area contributed by atoms with Gasteiger partial charge in [0.1, 0.15) is 0 Å². The van der Waals surface area contributed by atoms with Crippen molar-refractivity contribution in [1.29, 1.82) is 0 Å². The third-order valence-electron chi connectivity index (χ3n) is 2.97. The van der Waals surface area contributed by atoms with Crippen LogP contribution in [-0.2, 0) is 13.5 Å². The van der Waals surface area contributed by atoms with Crippen LogP contribution in [0.1, 0.15) is 30.5 Å². The van der Waals surface area contributed by atoms with Gasteiger partial charge in [-0.2, -0.15) is 5.10 Å². The summed E-state index contributed by atoms with van der Waals surface area (Å²) in [5, 5.41) is 7.83. The highest BCUT2D eigenvalue weighted by atomic mass is 79.9. The highest BCUT2D eigenvalue weighted by molar-refractivity contribution is 9.10. The molecule has 0 aliphatic heterocycles. The number of nitrogens with zero attached hydrogens (tertiary/aromatic N) is 3. The third kappa shape index (κ3) is 4.14. The molecule has 2 aromatic rings. The van der Waals surface area contributed by atoms with Gasteiger partial charge in [-0.3, -0.25) is 9.67 Å². The van der Waals surface area contributed by atoms with Crippen LogP contribution in [0.3, 0.4) is 0 Å². The molecule has 0 aliphatic rings. The predicted molar refractivity (Wildman–Crippen MR) is 79.9 cm³/mol. The van der Waals surface area contributed by atoms with Gasteiger partial charge in [0.15, 0.2) is 0 Å². The van der Waals surface area contributed by atoms with Gasteiger partial charge in [-0.25, -0.2) is 0 Å². The van der Waals surface area contributed by atoms with Crippen LogP contribution in [0.2, 0.25) is 0 Å². The number of hydrogen-bond acceptors (Lipinski definition) is 3. The van der Waals surface area contributed by atoms with Crippen molar-refractivity contribution in [3.63, 3.8) is 0 Å². The minimum absolute atomic E-state index is 0.282. The number of aryl methyl sites for hydroxylation is 1. The maximum absolute atomic E-state index is 4.26. The first-order chi connectivity index (χ1) is 9.19. The maximum Gasteiger partial charge on any atom is 0.0537 e. The van der Waals surface area contributed by atoms with Gasteiger partial charge in [0.25, 0.3) is 0 Å². The topological polar surface area (TPSA) is 42.7 Å². The fourth-order valence-electron chi connectivity index (χ4n) is 2.05. The van der Waals surface area contributed by atoms with Crippen LogP contribution in [-0.4, -0.2) is 21.3 Å². The Balaban J connectivity index is 2.13. The monoisotopic (exact) mass is 322 g/mol. The molecular weight excluding hydrogens is 304 g/mol. The van der Waals surface area contributed by atoms with E-state index >= 15 is 0 Å². The van der Waals surface area contributed by atoms with E-state index in [0.29, 0.717) is 0 Å². The quantitative estimate of drug-likeness (QED) is 0.889. The van der Waals surface area contributed by atoms with E-state index in [0.717, 1.165) is 23.9 Å². The second-order valence-corrected chi connectivity index (χ2v) is 5.59. The summed E-state index contributed by atoms with van der Waals surface area (Å²) in [7, 11) is 1.95. The minimum atomic E-state index is 0.282. The van der Waals surface area contributed by atoms with Crippen LogP contribution < -0.4 is 5.32 Å². The van der Waals surface area contributed by atoms with Crippen LogP contribution in [0.4, 0.5) is 0 Å². The van der Waals surface area contributed by atoms with Crippen molar-refractivity contribution < 1.29 is 0 Å². The van der Waals surface area contributed by atoms with Crippen molar-refractivity contribution in [2.24, 2.45) is 7.05 Å². The molecule has 0 saturated heterocycles. The molecule has 1 atom stereocenters. The molecule has 0 saturated carbocycles. The standard InChI is InChI=1S/C14H19BrN4/c1-3-4-17-14(12-8-18-19(2)10-12)6-11-5-13(15)9-16-7-11/h5,7-10,14,17H,3-4,6H2,1-2H3. The Bertz CT molecular complexity index is 524. The fraction of sp³-hybridized carbons (Fsp3) is 0.429. The fourth-order valence-corrected chi connectivity index (χ4v) is 2.46. The zero-order valence-electron chi connectivity index (χ0n) is 11.3. The zero-order chi connectivity index (χ0) is 13.7. The Labute approximate surface area is 122 Å². The van der Waals surface area contributed by atoms with Crippen molar-refractivity contribution >= 4 is 15.9 Å². The lowest BCUT2D eigenvalue weighted by Gasteiger charge is -2.17. The summed E-state index contributed by atoms with van der Waals surface area (Å²) in [6.45, 7) is 3.18. The lowest BCUT2D eigenvalue weighted by Crippen LogP contribution is -2.23. The van der Waals surface area contributed by atoms with Crippen LogP contribution in [0.25, 0.3) is 0 Å². The molecule has 2 heterocycles. The normalized spacial score (nSPS) is 12.6. The van der Waals surface area contributed by atoms with Gasteiger partial charge in [0.05, 0.1) is 6.20 Å². The van der Waals surface area contributed by atoms with Crippen molar-refractivity contribution in [2.75, 3.05) is 6.54 Å². The molecule has 0 bridgehead atoms. The molecule has 1 N–H and O–H groups in total. The minimum Gasteiger partial charge on any atom is -0.310 e. The molecule has 0 fully saturated rings. The number of halogens is 1. The molecule has 0 spiro atoms. The van der Waals surface area contributed by atoms with Crippen LogP contribution in [0.5, 0.6) is 0 Å². The van der Waals surface area contributed by atoms with E-state index in [-0.39, 0.29) is 6.04 Å². The predicted octanol–water partition coefficient (Wildman–Crippen LogP) is 2.86. The first-order valence-corrected chi connectivity index (χ1v) is 7.29. The molecule has 4 nitrogen and oxygen atoms in total. The van der Waals surface area contributed by atoms with Crippen LogP contribution in [0.15, 0.2) is 35.3 Å². The van der Waals surface area contributed by atoms with E-state index in [1.807, 2.05) is 30.3 Å². The van der Waals surface area contributed by atoms with Gasteiger partial charge < -0.3 is 5.32 Å². The second kappa shape index (κ2) is 6.82. The summed E-state index contributed by atoms with van der Waals surface area (Å²) in [5.74, 6) is 0. The molecule has 102 valence electrons. The summed E-state index contributed by atoms with van der Waals surface area (Å²) in [6, 6.07) is 2.40. The van der Waals surface area contributed by atoms with E-state index < -0.39 is 0 Å². The van der Waals surface area contributed by atoms with Crippen LogP contribution >= 0.6 is 15.9 Å². The summed E-state index contributed by atoms with van der Waals surface area (Å²) in [4.78, 5) is 4.22. The summed E-state index contributed by atoms with van der Waals surface area (Å²) in [5.41, 5.74) is 2.43. The Morgan fingerprint density at radius 3 is 2.84 bits per heavy atom. The number of pyridine rings is 1. The van der Waals surface area contributed by atoms with Crippen molar-refractivity contribution in [1.82, 2.24) is 20.1 Å². The largest absolute Gasteiger partial charge is 0.310 e. The Morgan fingerprint density at radius 1 is 1.37 bits per heavy atom. The smallest absolute Gasteiger partial charge is 0.0537 e. The van der Waals surface area contributed by atoms with E-state index in [1.165, 1.54) is 11.1 Å². The Kier molecular flexibility index (Phi) is 5.10. The van der Waals surface area contributed by atoms with E-state index in [1.54, 1.807) is 0 Å². The highest BCUT2D eigenvalue weighted by Crippen LogP contribution is 2.19. The third-order valence-corrected chi connectivity index (χ3v) is 3.40. The van der Waals surface area contributed by atoms with Gasteiger partial charge in [-0.05, 0) is 46.9 Å². The molecule has 0 amide bonds. The number of aromatic nitrogens is 3. The number of hydrogen-bond donors (Lipinski definition) is 1. The first-order valence-electron chi connectivity index (χ1n) is 6.50. The van der Waals surface area contributed by atoms with E-state index in [9.17, 15) is 0 Å². The van der Waals surface area contributed by atoms with Gasteiger partial charge >= 0.3 is 0 Å². The van der Waals surface area contributed by atoms with Gasteiger partial charge in [0, 0.05) is 41.7 Å². The zero-order valence-corrected chi connectivity index (χ0v) is 12.9. The van der Waals surface area contributed by atoms with Gasteiger partial charge in [-0.1, -0.05) is 6.92 Å². The van der Waals surface area contributed by atoms with E-state index in [4.69, 9.17) is 0 Å². The lowest BCUT2D eigenvalue weighted by atomic mass is 10.0. The SMILES string of the molecule is CCCNC(Cc1cncc(Br)c1)c1cnn(C)c1. The second-order valence-electron chi connectivity index (χ2n) is 4.67. The molecule has 2 aromatic heterocycles. The molecule has 0 radical (unpaired) electrons. The van der Waals surface area contributed by atoms with Crippen molar-refractivity contribution in [3.8, 4) is 0 Å². The molecule has 0 aromatic carbocycles. The van der Waals surface area contributed by atoms with Crippen LogP contribution in [0, 0.1) is 0 Å². The van der Waals surface area contributed by atoms with Crippen molar-refractivity contribution in [2.45, 2.75) is 25.8 Å². The van der Waals surface area contributed by atoms with Gasteiger partial charge in [-0.15, -0.1) is 0 Å². The lowest BCUT2D eigenvalue weighted by molar-refractivity contribution is 0.528. The van der Waals surface area contributed by atoms with Crippen molar-refractivity contribution in [3.05, 3.63) is 46.5 Å². The molecule has 1 unspecified atom stereocenters. The molecule has 19 heavy (non-hydrogen) atoms. The van der Waals surface area contributed by atoms with Gasteiger partial charge in [0.2, 0.25) is 0 Å². The Hall–Kier alpha value is -1.20. The molecule has 2 rings (SSSR count). The number of rotatable bonds is 6. The summed E-state index contributed by atoms with van der Waals surface area (Å²) in [6.07, 6.45) is 9.76. The molecular formula is C14H19BrN4. The highest BCUT2D eigenvalue weighted by Gasteiger charge is 2.13. The molecule has 0 aliphatic carbocycles. The summed E-state index contributed by atoms with van der Waals surface area (Å²) < 4.78 is 2.86.